The fourth-order valence-corrected chi connectivity index (χ4v) is 5.18. The van der Waals surface area contributed by atoms with Crippen LogP contribution in [0.25, 0.3) is 0 Å². The fraction of sp³-hybridized carbons (Fsp3) is 0.333. The molecular formula is C18H24Cl2FN3O2S. The Balaban J connectivity index is 0.00000261. The van der Waals surface area contributed by atoms with Crippen LogP contribution in [0, 0.1) is 5.82 Å². The molecule has 0 saturated heterocycles. The SMILES string of the molecule is CN(C)CCCCN1c2ccccc2N(c2ccc(F)cc2Cl)S1(O)O.Cl. The Morgan fingerprint density at radius 2 is 1.70 bits per heavy atom. The topological polar surface area (TPSA) is 50.2 Å². The minimum Gasteiger partial charge on any atom is -0.309 e. The lowest BCUT2D eigenvalue weighted by molar-refractivity contribution is 0.395. The summed E-state index contributed by atoms with van der Waals surface area (Å²) >= 11 is 6.20. The predicted molar refractivity (Wildman–Crippen MR) is 115 cm³/mol. The van der Waals surface area contributed by atoms with Gasteiger partial charge >= 0.3 is 0 Å². The van der Waals surface area contributed by atoms with E-state index >= 15 is 0 Å². The number of nitrogens with zero attached hydrogens (tertiary/aromatic N) is 3. The summed E-state index contributed by atoms with van der Waals surface area (Å²) in [5.41, 5.74) is 1.75. The number of para-hydroxylation sites is 2. The first-order valence-corrected chi connectivity index (χ1v) is 10.2. The number of hydrogen-bond acceptors (Lipinski definition) is 5. The molecule has 1 aliphatic rings. The van der Waals surface area contributed by atoms with Crippen molar-refractivity contribution < 1.29 is 13.5 Å². The van der Waals surface area contributed by atoms with E-state index in [9.17, 15) is 13.5 Å². The van der Waals surface area contributed by atoms with Crippen LogP contribution in [0.5, 0.6) is 0 Å². The van der Waals surface area contributed by atoms with Crippen LogP contribution >= 0.6 is 35.0 Å². The molecule has 0 bridgehead atoms. The summed E-state index contributed by atoms with van der Waals surface area (Å²) in [6.45, 7) is 1.44. The summed E-state index contributed by atoms with van der Waals surface area (Å²) in [5, 5.41) is 0.134. The molecule has 1 heterocycles. The number of benzene rings is 2. The van der Waals surface area contributed by atoms with E-state index in [1.807, 2.05) is 38.4 Å². The summed E-state index contributed by atoms with van der Waals surface area (Å²) < 4.78 is 38.5. The van der Waals surface area contributed by atoms with Gasteiger partial charge in [-0.25, -0.2) is 8.70 Å². The second-order valence-corrected chi connectivity index (χ2v) is 8.67. The number of halogens is 3. The molecule has 0 spiro atoms. The van der Waals surface area contributed by atoms with E-state index in [1.165, 1.54) is 22.5 Å². The minimum atomic E-state index is -3.33. The molecule has 27 heavy (non-hydrogen) atoms. The lowest BCUT2D eigenvalue weighted by atomic mass is 10.2. The number of unbranched alkanes of at least 4 members (excludes halogenated alkanes) is 1. The summed E-state index contributed by atoms with van der Waals surface area (Å²) in [6.07, 6.45) is 1.76. The van der Waals surface area contributed by atoms with Crippen LogP contribution in [0.1, 0.15) is 12.8 Å². The Hall–Kier alpha value is -1.22. The molecule has 0 radical (unpaired) electrons. The maximum Gasteiger partial charge on any atom is 0.124 e. The number of anilines is 3. The minimum absolute atomic E-state index is 0. The third-order valence-electron chi connectivity index (χ3n) is 4.25. The number of fused-ring (bicyclic) bond motifs is 1. The Kier molecular flexibility index (Phi) is 7.24. The smallest absolute Gasteiger partial charge is 0.124 e. The molecule has 0 fully saturated rings. The molecule has 2 aromatic rings. The van der Waals surface area contributed by atoms with Crippen LogP contribution in [0.3, 0.4) is 0 Å². The molecule has 1 aliphatic heterocycles. The Labute approximate surface area is 172 Å². The average Bonchev–Trinajstić information content (AvgIpc) is 2.79. The van der Waals surface area contributed by atoms with Crippen molar-refractivity contribution in [2.75, 3.05) is 35.8 Å². The van der Waals surface area contributed by atoms with Gasteiger partial charge in [-0.3, -0.25) is 13.4 Å². The number of rotatable bonds is 6. The van der Waals surface area contributed by atoms with Crippen LogP contribution in [0.4, 0.5) is 21.5 Å². The van der Waals surface area contributed by atoms with Crippen LogP contribution in [0.15, 0.2) is 42.5 Å². The van der Waals surface area contributed by atoms with Gasteiger partial charge in [0, 0.05) is 6.54 Å². The summed E-state index contributed by atoms with van der Waals surface area (Å²) in [4.78, 5) is 2.10. The van der Waals surface area contributed by atoms with Crippen LogP contribution < -0.4 is 8.61 Å². The lowest BCUT2D eigenvalue weighted by Crippen LogP contribution is -2.32. The normalized spacial score (nSPS) is 16.3. The highest BCUT2D eigenvalue weighted by Crippen LogP contribution is 2.64. The monoisotopic (exact) mass is 435 g/mol. The Bertz CT molecular complexity index is 795. The maximum absolute atomic E-state index is 13.4. The van der Waals surface area contributed by atoms with Crippen LogP contribution in [-0.2, 0) is 0 Å². The van der Waals surface area contributed by atoms with E-state index in [-0.39, 0.29) is 17.4 Å². The lowest BCUT2D eigenvalue weighted by Gasteiger charge is -2.44. The highest BCUT2D eigenvalue weighted by atomic mass is 35.5. The van der Waals surface area contributed by atoms with Gasteiger partial charge in [-0.15, -0.1) is 12.4 Å². The zero-order valence-corrected chi connectivity index (χ0v) is 17.6. The second-order valence-electron chi connectivity index (χ2n) is 6.48. The third kappa shape index (κ3) is 4.45. The van der Waals surface area contributed by atoms with Crippen LogP contribution in [-0.4, -0.2) is 41.2 Å². The maximum atomic E-state index is 13.4. The van der Waals surface area contributed by atoms with Crippen molar-refractivity contribution in [3.63, 3.8) is 0 Å². The molecule has 150 valence electrons. The van der Waals surface area contributed by atoms with Gasteiger partial charge in [-0.2, -0.15) is 0 Å². The first-order valence-electron chi connectivity index (χ1n) is 8.37. The average molecular weight is 436 g/mol. The van der Waals surface area contributed by atoms with Gasteiger partial charge in [0.15, 0.2) is 0 Å². The van der Waals surface area contributed by atoms with Gasteiger partial charge in [0.1, 0.15) is 5.82 Å². The molecular weight excluding hydrogens is 412 g/mol. The van der Waals surface area contributed by atoms with Crippen molar-refractivity contribution in [1.29, 1.82) is 0 Å². The zero-order chi connectivity index (χ0) is 18.9. The molecule has 0 aromatic heterocycles. The second kappa shape index (κ2) is 8.86. The number of hydrogen-bond donors (Lipinski definition) is 2. The standard InChI is InChI=1S/C18H23ClFN3O2S.ClH/c1-21(2)11-5-6-12-22-17-7-3-4-8-18(17)23(26(22,24)25)16-10-9-14(20)13-15(16)19;/h3-4,7-10,13,24-25H,5-6,11-12H2,1-2H3;1H. The van der Waals surface area contributed by atoms with Crippen molar-refractivity contribution in [2.24, 2.45) is 0 Å². The van der Waals surface area contributed by atoms with E-state index in [4.69, 9.17) is 11.6 Å². The van der Waals surface area contributed by atoms with E-state index in [0.717, 1.165) is 25.1 Å². The largest absolute Gasteiger partial charge is 0.309 e. The molecule has 0 aliphatic carbocycles. The molecule has 0 amide bonds. The molecule has 2 aromatic carbocycles. The molecule has 0 saturated carbocycles. The van der Waals surface area contributed by atoms with E-state index in [2.05, 4.69) is 4.90 Å². The molecule has 3 rings (SSSR count). The van der Waals surface area contributed by atoms with Crippen molar-refractivity contribution in [3.05, 3.63) is 53.3 Å². The summed E-state index contributed by atoms with van der Waals surface area (Å²) in [6, 6.07) is 11.3. The summed E-state index contributed by atoms with van der Waals surface area (Å²) in [7, 11) is 0.692. The van der Waals surface area contributed by atoms with Crippen molar-refractivity contribution in [2.45, 2.75) is 12.8 Å². The van der Waals surface area contributed by atoms with Gasteiger partial charge in [-0.05, 0) is 74.8 Å². The van der Waals surface area contributed by atoms with Gasteiger partial charge in [0.2, 0.25) is 0 Å². The molecule has 0 unspecified atom stereocenters. The first-order chi connectivity index (χ1) is 12.3. The van der Waals surface area contributed by atoms with Gasteiger partial charge < -0.3 is 4.90 Å². The van der Waals surface area contributed by atoms with Gasteiger partial charge in [0.05, 0.1) is 22.1 Å². The highest BCUT2D eigenvalue weighted by Gasteiger charge is 2.41. The summed E-state index contributed by atoms with van der Waals surface area (Å²) in [5.74, 6) is -0.469. The first kappa shape index (κ1) is 22.1. The quantitative estimate of drug-likeness (QED) is 0.562. The van der Waals surface area contributed by atoms with Crippen molar-refractivity contribution in [1.82, 2.24) is 4.90 Å². The fourth-order valence-electron chi connectivity index (χ4n) is 3.04. The van der Waals surface area contributed by atoms with Crippen LogP contribution in [0.2, 0.25) is 5.02 Å². The van der Waals surface area contributed by atoms with E-state index < -0.39 is 16.8 Å². The van der Waals surface area contributed by atoms with Crippen molar-refractivity contribution in [3.8, 4) is 0 Å². The predicted octanol–water partition coefficient (Wildman–Crippen LogP) is 5.78. The molecule has 5 nitrogen and oxygen atoms in total. The molecule has 9 heteroatoms. The molecule has 2 N–H and O–H groups in total. The zero-order valence-electron chi connectivity index (χ0n) is 15.2. The van der Waals surface area contributed by atoms with Crippen molar-refractivity contribution >= 4 is 52.0 Å². The van der Waals surface area contributed by atoms with E-state index in [1.54, 1.807) is 4.31 Å². The van der Waals surface area contributed by atoms with Gasteiger partial charge in [0.25, 0.3) is 0 Å². The van der Waals surface area contributed by atoms with Gasteiger partial charge in [-0.1, -0.05) is 23.7 Å². The molecule has 0 atom stereocenters. The highest BCUT2D eigenvalue weighted by molar-refractivity contribution is 8.27. The Morgan fingerprint density at radius 3 is 2.33 bits per heavy atom. The third-order valence-corrected chi connectivity index (χ3v) is 6.41. The van der Waals surface area contributed by atoms with E-state index in [0.29, 0.717) is 17.9 Å². The Morgan fingerprint density at radius 1 is 1.04 bits per heavy atom.